The van der Waals surface area contributed by atoms with Gasteiger partial charge in [0, 0.05) is 17.0 Å². The number of hydrogen-bond donors (Lipinski definition) is 4. The van der Waals surface area contributed by atoms with Crippen molar-refractivity contribution in [3.05, 3.63) is 81.8 Å². The Morgan fingerprint density at radius 2 is 1.27 bits per heavy atom. The number of aromatic amines is 1. The fraction of sp³-hybridized carbons (Fsp3) is 0. The molecule has 0 fully saturated rings. The van der Waals surface area contributed by atoms with Crippen molar-refractivity contribution in [2.24, 2.45) is 0 Å². The third-order valence-corrected chi connectivity index (χ3v) is 3.40. The molecule has 8 nitrogen and oxygen atoms in total. The highest BCUT2D eigenvalue weighted by molar-refractivity contribution is 6.02. The summed E-state index contributed by atoms with van der Waals surface area (Å²) in [5, 5.41) is 26.7. The van der Waals surface area contributed by atoms with Crippen LogP contribution in [0.15, 0.2) is 59.5 Å². The quantitative estimate of drug-likeness (QED) is 0.564. The van der Waals surface area contributed by atoms with E-state index in [9.17, 15) is 19.2 Å². The van der Waals surface area contributed by atoms with Gasteiger partial charge in [-0.3, -0.25) is 4.79 Å². The van der Waals surface area contributed by atoms with Crippen molar-refractivity contribution in [2.45, 2.75) is 0 Å². The Morgan fingerprint density at radius 3 is 1.77 bits per heavy atom. The summed E-state index contributed by atoms with van der Waals surface area (Å²) in [6, 6.07) is 11.8. The summed E-state index contributed by atoms with van der Waals surface area (Å²) in [7, 11) is 0. The number of carbonyl (C=O) groups is 3. The van der Waals surface area contributed by atoms with Crippen LogP contribution in [0, 0.1) is 0 Å². The molecule has 0 saturated heterocycles. The zero-order valence-electron chi connectivity index (χ0n) is 13.2. The Kier molecular flexibility index (Phi) is 5.49. The van der Waals surface area contributed by atoms with Crippen molar-refractivity contribution in [3.8, 4) is 0 Å². The minimum absolute atomic E-state index is 0.0186. The molecule has 3 aromatic rings. The van der Waals surface area contributed by atoms with Crippen LogP contribution in [0.25, 0.3) is 10.8 Å². The van der Waals surface area contributed by atoms with E-state index in [1.165, 1.54) is 24.4 Å². The molecule has 0 atom stereocenters. The number of carboxylic acids is 3. The van der Waals surface area contributed by atoms with Crippen molar-refractivity contribution < 1.29 is 29.7 Å². The Balaban J connectivity index is 0.000000190. The largest absolute Gasteiger partial charge is 0.478 e. The van der Waals surface area contributed by atoms with Gasteiger partial charge in [-0.2, -0.15) is 0 Å². The fourth-order valence-corrected chi connectivity index (χ4v) is 2.17. The smallest absolute Gasteiger partial charge is 0.337 e. The molecule has 26 heavy (non-hydrogen) atoms. The van der Waals surface area contributed by atoms with E-state index in [0.29, 0.717) is 10.8 Å². The molecule has 2 aromatic carbocycles. The Bertz CT molecular complexity index is 1020. The second-order valence-corrected chi connectivity index (χ2v) is 5.07. The maximum Gasteiger partial charge on any atom is 0.337 e. The first-order chi connectivity index (χ1) is 12.3. The Morgan fingerprint density at radius 1 is 0.731 bits per heavy atom. The van der Waals surface area contributed by atoms with Crippen LogP contribution in [0.5, 0.6) is 0 Å². The maximum atomic E-state index is 11.3. The number of H-pyrrole nitrogens is 1. The summed E-state index contributed by atoms with van der Waals surface area (Å²) in [5.74, 6) is -3.30. The van der Waals surface area contributed by atoms with Crippen LogP contribution < -0.4 is 5.56 Å². The molecule has 4 N–H and O–H groups in total. The number of fused-ring (bicyclic) bond motifs is 1. The first kappa shape index (κ1) is 18.4. The second kappa shape index (κ2) is 7.75. The van der Waals surface area contributed by atoms with Crippen LogP contribution in [-0.2, 0) is 0 Å². The molecule has 1 aromatic heterocycles. The van der Waals surface area contributed by atoms with Crippen LogP contribution >= 0.6 is 0 Å². The number of pyridine rings is 1. The SMILES string of the molecule is O=C(O)c1c[nH]c(=O)c2ccccc12.O=C(O)c1cccc(C(=O)O)c1. The van der Waals surface area contributed by atoms with Gasteiger partial charge in [-0.25, -0.2) is 14.4 Å². The number of nitrogens with one attached hydrogen (secondary N) is 1. The third kappa shape index (κ3) is 4.12. The normalized spacial score (nSPS) is 9.85. The first-order valence-corrected chi connectivity index (χ1v) is 7.21. The third-order valence-electron chi connectivity index (χ3n) is 3.40. The van der Waals surface area contributed by atoms with Crippen LogP contribution in [0.4, 0.5) is 0 Å². The second-order valence-electron chi connectivity index (χ2n) is 5.07. The molecule has 132 valence electrons. The topological polar surface area (TPSA) is 145 Å². The van der Waals surface area contributed by atoms with Crippen LogP contribution in [0.2, 0.25) is 0 Å². The average molecular weight is 355 g/mol. The standard InChI is InChI=1S/C10H7NO3.C8H6O4/c12-9-7-4-2-1-3-6(7)8(5-11-9)10(13)14;9-7(10)5-2-1-3-6(4-5)8(11)12/h1-5H,(H,11,12)(H,13,14);1-4H,(H,9,10)(H,11,12). The summed E-state index contributed by atoms with van der Waals surface area (Å²) in [6.07, 6.45) is 1.22. The van der Waals surface area contributed by atoms with Crippen molar-refractivity contribution >= 4 is 28.7 Å². The highest BCUT2D eigenvalue weighted by Gasteiger charge is 2.09. The number of rotatable bonds is 3. The summed E-state index contributed by atoms with van der Waals surface area (Å²) >= 11 is 0. The van der Waals surface area contributed by atoms with Gasteiger partial charge in [0.2, 0.25) is 0 Å². The highest BCUT2D eigenvalue weighted by atomic mass is 16.4. The van der Waals surface area contributed by atoms with E-state index in [4.69, 9.17) is 15.3 Å². The van der Waals surface area contributed by atoms with E-state index in [2.05, 4.69) is 4.98 Å². The number of carboxylic acid groups (broad SMARTS) is 3. The van der Waals surface area contributed by atoms with E-state index in [1.807, 2.05) is 0 Å². The van der Waals surface area contributed by atoms with Gasteiger partial charge >= 0.3 is 17.9 Å². The molecule has 1 heterocycles. The first-order valence-electron chi connectivity index (χ1n) is 7.21. The fourth-order valence-electron chi connectivity index (χ4n) is 2.17. The average Bonchev–Trinajstić information content (AvgIpc) is 2.62. The lowest BCUT2D eigenvalue weighted by atomic mass is 10.1. The van der Waals surface area contributed by atoms with E-state index < -0.39 is 17.9 Å². The molecule has 8 heteroatoms. The molecule has 0 aliphatic carbocycles. The molecule has 0 aliphatic heterocycles. The molecule has 0 unspecified atom stereocenters. The van der Waals surface area contributed by atoms with Gasteiger partial charge in [0.15, 0.2) is 0 Å². The zero-order valence-corrected chi connectivity index (χ0v) is 13.2. The molecule has 0 bridgehead atoms. The van der Waals surface area contributed by atoms with Crippen molar-refractivity contribution in [3.63, 3.8) is 0 Å². The van der Waals surface area contributed by atoms with E-state index in [0.717, 1.165) is 6.07 Å². The van der Waals surface area contributed by atoms with Gasteiger partial charge in [0.25, 0.3) is 5.56 Å². The van der Waals surface area contributed by atoms with Crippen molar-refractivity contribution in [2.75, 3.05) is 0 Å². The summed E-state index contributed by atoms with van der Waals surface area (Å²) < 4.78 is 0. The van der Waals surface area contributed by atoms with E-state index in [-0.39, 0.29) is 22.2 Å². The van der Waals surface area contributed by atoms with Crippen LogP contribution in [0.3, 0.4) is 0 Å². The Labute approximate surface area is 146 Å². The molecule has 0 radical (unpaired) electrons. The molecular formula is C18H13NO7. The van der Waals surface area contributed by atoms with Gasteiger partial charge in [-0.15, -0.1) is 0 Å². The Hall–Kier alpha value is -3.94. The van der Waals surface area contributed by atoms with Gasteiger partial charge in [-0.05, 0) is 24.3 Å². The summed E-state index contributed by atoms with van der Waals surface area (Å²) in [6.45, 7) is 0. The van der Waals surface area contributed by atoms with Gasteiger partial charge in [0.05, 0.1) is 16.7 Å². The van der Waals surface area contributed by atoms with E-state index >= 15 is 0 Å². The van der Waals surface area contributed by atoms with E-state index in [1.54, 1.807) is 24.3 Å². The minimum Gasteiger partial charge on any atom is -0.478 e. The van der Waals surface area contributed by atoms with Crippen molar-refractivity contribution in [1.82, 2.24) is 4.98 Å². The number of aromatic carboxylic acids is 3. The monoisotopic (exact) mass is 355 g/mol. The molecule has 0 saturated carbocycles. The van der Waals surface area contributed by atoms with Gasteiger partial charge in [0.1, 0.15) is 0 Å². The lowest BCUT2D eigenvalue weighted by Gasteiger charge is -1.99. The van der Waals surface area contributed by atoms with Crippen molar-refractivity contribution in [1.29, 1.82) is 0 Å². The molecular weight excluding hydrogens is 342 g/mol. The number of hydrogen-bond acceptors (Lipinski definition) is 4. The highest BCUT2D eigenvalue weighted by Crippen LogP contribution is 2.13. The molecule has 0 spiro atoms. The maximum absolute atomic E-state index is 11.3. The molecule has 0 amide bonds. The number of aromatic nitrogens is 1. The summed E-state index contributed by atoms with van der Waals surface area (Å²) in [5.41, 5.74) is -0.199. The van der Waals surface area contributed by atoms with Crippen LogP contribution in [-0.4, -0.2) is 38.2 Å². The molecule has 3 rings (SSSR count). The number of benzene rings is 2. The van der Waals surface area contributed by atoms with Gasteiger partial charge < -0.3 is 20.3 Å². The van der Waals surface area contributed by atoms with Gasteiger partial charge in [-0.1, -0.05) is 24.3 Å². The lowest BCUT2D eigenvalue weighted by Crippen LogP contribution is -2.09. The predicted molar refractivity (Wildman–Crippen MR) is 91.9 cm³/mol. The summed E-state index contributed by atoms with van der Waals surface area (Å²) in [4.78, 5) is 45.3. The minimum atomic E-state index is -1.13. The molecule has 0 aliphatic rings. The van der Waals surface area contributed by atoms with Crippen LogP contribution in [0.1, 0.15) is 31.1 Å². The predicted octanol–water partition coefficient (Wildman–Crippen LogP) is 2.31. The lowest BCUT2D eigenvalue weighted by molar-refractivity contribution is 0.0683. The zero-order chi connectivity index (χ0) is 19.3.